The van der Waals surface area contributed by atoms with E-state index in [1.165, 1.54) is 0 Å². The summed E-state index contributed by atoms with van der Waals surface area (Å²) in [7, 11) is 0. The van der Waals surface area contributed by atoms with E-state index in [2.05, 4.69) is 0 Å². The lowest BCUT2D eigenvalue weighted by molar-refractivity contribution is -0.209. The Hall–Kier alpha value is -0.330. The van der Waals surface area contributed by atoms with Crippen LogP contribution in [0.3, 0.4) is 0 Å². The first kappa shape index (κ1) is 13.7. The number of aliphatic hydroxyl groups is 2. The minimum absolute atomic E-state index is 0.0733. The van der Waals surface area contributed by atoms with E-state index in [4.69, 9.17) is 10.2 Å². The van der Waals surface area contributed by atoms with Crippen LogP contribution >= 0.6 is 0 Å². The van der Waals surface area contributed by atoms with E-state index in [0.717, 1.165) is 25.7 Å². The first-order valence-electron chi connectivity index (χ1n) is 5.55. The second-order valence-electron chi connectivity index (χ2n) is 4.21. The van der Waals surface area contributed by atoms with Crippen LogP contribution in [0.25, 0.3) is 0 Å². The van der Waals surface area contributed by atoms with Gasteiger partial charge < -0.3 is 10.2 Å². The van der Waals surface area contributed by atoms with Crippen molar-refractivity contribution >= 4 is 0 Å². The maximum atomic E-state index is 12.2. The Bertz CT molecular complexity index is 205. The molecule has 0 amide bonds. The Morgan fingerprint density at radius 3 is 2.25 bits per heavy atom. The van der Waals surface area contributed by atoms with Gasteiger partial charge in [0, 0.05) is 19.1 Å². The average molecular weight is 241 g/mol. The van der Waals surface area contributed by atoms with E-state index in [9.17, 15) is 13.2 Å². The first-order valence-corrected chi connectivity index (χ1v) is 5.55. The minimum Gasteiger partial charge on any atom is -0.395 e. The largest absolute Gasteiger partial charge is 0.415 e. The van der Waals surface area contributed by atoms with Gasteiger partial charge >= 0.3 is 6.18 Å². The van der Waals surface area contributed by atoms with Crippen LogP contribution in [0.1, 0.15) is 25.7 Å². The van der Waals surface area contributed by atoms with Gasteiger partial charge in [-0.3, -0.25) is 4.90 Å². The van der Waals surface area contributed by atoms with Crippen LogP contribution in [0.5, 0.6) is 0 Å². The molecule has 1 aliphatic carbocycles. The van der Waals surface area contributed by atoms with E-state index in [1.807, 2.05) is 0 Å². The van der Waals surface area contributed by atoms with Crippen LogP contribution < -0.4 is 0 Å². The normalized spacial score (nSPS) is 20.6. The second kappa shape index (κ2) is 5.84. The topological polar surface area (TPSA) is 43.7 Å². The molecule has 2 N–H and O–H groups in total. The monoisotopic (exact) mass is 241 g/mol. The summed E-state index contributed by atoms with van der Waals surface area (Å²) in [4.78, 5) is 1.55. The summed E-state index contributed by atoms with van der Waals surface area (Å²) in [5.41, 5.74) is 0. The zero-order valence-electron chi connectivity index (χ0n) is 9.08. The fourth-order valence-corrected chi connectivity index (χ4v) is 2.15. The quantitative estimate of drug-likeness (QED) is 0.758. The molecule has 1 aliphatic rings. The lowest BCUT2D eigenvalue weighted by Gasteiger charge is -2.30. The van der Waals surface area contributed by atoms with Crippen molar-refractivity contribution in [2.24, 2.45) is 0 Å². The van der Waals surface area contributed by atoms with Gasteiger partial charge in [-0.05, 0) is 12.8 Å². The lowest BCUT2D eigenvalue weighted by Crippen LogP contribution is -2.45. The van der Waals surface area contributed by atoms with Gasteiger partial charge in [0.05, 0.1) is 6.61 Å². The van der Waals surface area contributed by atoms with Gasteiger partial charge in [0.25, 0.3) is 0 Å². The van der Waals surface area contributed by atoms with Crippen LogP contribution in [0.2, 0.25) is 0 Å². The molecule has 0 aromatic heterocycles. The van der Waals surface area contributed by atoms with Crippen molar-refractivity contribution in [3.63, 3.8) is 0 Å². The van der Waals surface area contributed by atoms with Crippen molar-refractivity contribution in [3.8, 4) is 0 Å². The van der Waals surface area contributed by atoms with E-state index in [1.54, 1.807) is 4.90 Å². The summed E-state index contributed by atoms with van der Waals surface area (Å²) >= 11 is 0. The Morgan fingerprint density at radius 1 is 1.25 bits per heavy atom. The first-order chi connectivity index (χ1) is 7.45. The molecule has 0 saturated heterocycles. The highest BCUT2D eigenvalue weighted by Gasteiger charge is 2.40. The molecule has 6 heteroatoms. The number of hydrogen-bond acceptors (Lipinski definition) is 3. The maximum absolute atomic E-state index is 12.2. The smallest absolute Gasteiger partial charge is 0.395 e. The molecule has 0 aromatic carbocycles. The van der Waals surface area contributed by atoms with E-state index < -0.39 is 18.8 Å². The number of rotatable bonds is 5. The van der Waals surface area contributed by atoms with Crippen LogP contribution in [-0.4, -0.2) is 53.1 Å². The second-order valence-corrected chi connectivity index (χ2v) is 4.21. The van der Waals surface area contributed by atoms with Gasteiger partial charge in [-0.15, -0.1) is 0 Å². The number of aliphatic hydroxyl groups excluding tert-OH is 2. The summed E-state index contributed by atoms with van der Waals surface area (Å²) in [6.07, 6.45) is -3.18. The van der Waals surface area contributed by atoms with E-state index >= 15 is 0 Å². The molecular formula is C10H18F3NO2. The van der Waals surface area contributed by atoms with Crippen LogP contribution in [-0.2, 0) is 0 Å². The van der Waals surface area contributed by atoms with Gasteiger partial charge in [0.15, 0.2) is 6.10 Å². The SMILES string of the molecule is OCCN(CC(O)C(F)(F)F)C1CCCC1. The van der Waals surface area contributed by atoms with Crippen molar-refractivity contribution in [2.45, 2.75) is 44.0 Å². The predicted molar refractivity (Wildman–Crippen MR) is 53.0 cm³/mol. The molecule has 0 bridgehead atoms. The molecule has 1 fully saturated rings. The molecule has 0 heterocycles. The number of nitrogens with zero attached hydrogens (tertiary/aromatic N) is 1. The molecule has 0 spiro atoms. The van der Waals surface area contributed by atoms with Crippen molar-refractivity contribution in [2.75, 3.05) is 19.7 Å². The third kappa shape index (κ3) is 3.92. The van der Waals surface area contributed by atoms with Crippen molar-refractivity contribution < 1.29 is 23.4 Å². The van der Waals surface area contributed by atoms with Crippen molar-refractivity contribution in [3.05, 3.63) is 0 Å². The standard InChI is InChI=1S/C10H18F3NO2/c11-10(12,13)9(16)7-14(5-6-15)8-3-1-2-4-8/h8-9,15-16H,1-7H2. The molecule has 0 aliphatic heterocycles. The summed E-state index contributed by atoms with van der Waals surface area (Å²) in [5, 5.41) is 17.8. The lowest BCUT2D eigenvalue weighted by atomic mass is 10.2. The van der Waals surface area contributed by atoms with Gasteiger partial charge in [-0.2, -0.15) is 13.2 Å². The Kier molecular flexibility index (Phi) is 5.01. The molecular weight excluding hydrogens is 223 g/mol. The van der Waals surface area contributed by atoms with Crippen LogP contribution in [0.15, 0.2) is 0 Å². The Balaban J connectivity index is 2.50. The molecule has 16 heavy (non-hydrogen) atoms. The zero-order valence-corrected chi connectivity index (χ0v) is 9.08. The number of alkyl halides is 3. The van der Waals surface area contributed by atoms with E-state index in [0.29, 0.717) is 0 Å². The fraction of sp³-hybridized carbons (Fsp3) is 1.00. The average Bonchev–Trinajstić information content (AvgIpc) is 2.68. The fourth-order valence-electron chi connectivity index (χ4n) is 2.15. The zero-order chi connectivity index (χ0) is 12.2. The van der Waals surface area contributed by atoms with Crippen LogP contribution in [0.4, 0.5) is 13.2 Å². The summed E-state index contributed by atoms with van der Waals surface area (Å²) in [6.45, 7) is -0.423. The van der Waals surface area contributed by atoms with Gasteiger partial charge in [-0.1, -0.05) is 12.8 Å². The Labute approximate surface area is 92.9 Å². The molecule has 0 radical (unpaired) electrons. The molecule has 1 unspecified atom stereocenters. The summed E-state index contributed by atoms with van der Waals surface area (Å²) < 4.78 is 36.6. The highest BCUT2D eigenvalue weighted by molar-refractivity contribution is 4.80. The number of halogens is 3. The Morgan fingerprint density at radius 2 is 1.81 bits per heavy atom. The minimum atomic E-state index is -4.58. The molecule has 1 atom stereocenters. The highest BCUT2D eigenvalue weighted by Crippen LogP contribution is 2.26. The molecule has 96 valence electrons. The molecule has 0 aromatic rings. The molecule has 1 rings (SSSR count). The maximum Gasteiger partial charge on any atom is 0.415 e. The van der Waals surface area contributed by atoms with Crippen molar-refractivity contribution in [1.29, 1.82) is 0 Å². The summed E-state index contributed by atoms with van der Waals surface area (Å²) in [6, 6.07) is 0.0733. The molecule has 1 saturated carbocycles. The van der Waals surface area contributed by atoms with Gasteiger partial charge in [0.2, 0.25) is 0 Å². The predicted octanol–water partition coefficient (Wildman–Crippen LogP) is 1.15. The van der Waals surface area contributed by atoms with E-state index in [-0.39, 0.29) is 19.2 Å². The van der Waals surface area contributed by atoms with Crippen molar-refractivity contribution in [1.82, 2.24) is 4.90 Å². The van der Waals surface area contributed by atoms with Gasteiger partial charge in [0.1, 0.15) is 0 Å². The highest BCUT2D eigenvalue weighted by atomic mass is 19.4. The third-order valence-corrected chi connectivity index (χ3v) is 3.01. The third-order valence-electron chi connectivity index (χ3n) is 3.01. The number of hydrogen-bond donors (Lipinski definition) is 2. The summed E-state index contributed by atoms with van der Waals surface area (Å²) in [5.74, 6) is 0. The van der Waals surface area contributed by atoms with Gasteiger partial charge in [-0.25, -0.2) is 0 Å². The van der Waals surface area contributed by atoms with Crippen LogP contribution in [0, 0.1) is 0 Å². The molecule has 3 nitrogen and oxygen atoms in total.